The number of ether oxygens (including phenoxy) is 2. The van der Waals surface area contributed by atoms with Crippen molar-refractivity contribution in [3.05, 3.63) is 30.1 Å². The predicted molar refractivity (Wildman–Crippen MR) is 106 cm³/mol. The largest absolute Gasteiger partial charge is 0.465 e. The molecule has 7 heteroatoms. The Morgan fingerprint density at radius 2 is 1.76 bits per heavy atom. The van der Waals surface area contributed by atoms with Crippen molar-refractivity contribution in [1.82, 2.24) is 4.98 Å². The zero-order valence-corrected chi connectivity index (χ0v) is 17.8. The highest BCUT2D eigenvalue weighted by molar-refractivity contribution is 6.02. The van der Waals surface area contributed by atoms with Crippen LogP contribution in [0.2, 0.25) is 0 Å². The van der Waals surface area contributed by atoms with Crippen LogP contribution < -0.4 is 0 Å². The molecule has 1 heterocycles. The highest BCUT2D eigenvalue weighted by atomic mass is 16.5. The van der Waals surface area contributed by atoms with Gasteiger partial charge >= 0.3 is 11.9 Å². The van der Waals surface area contributed by atoms with Crippen LogP contribution in [0.3, 0.4) is 0 Å². The van der Waals surface area contributed by atoms with E-state index in [-0.39, 0.29) is 31.5 Å². The minimum atomic E-state index is -1.65. The molecule has 0 saturated heterocycles. The van der Waals surface area contributed by atoms with Gasteiger partial charge < -0.3 is 14.6 Å². The number of carbonyl (C=O) groups is 3. The zero-order valence-electron chi connectivity index (χ0n) is 17.8. The molecule has 0 aromatic carbocycles. The second-order valence-corrected chi connectivity index (χ2v) is 8.82. The predicted octanol–water partition coefficient (Wildman–Crippen LogP) is 2.52. The van der Waals surface area contributed by atoms with E-state index in [1.165, 1.54) is 13.1 Å². The Balaban J connectivity index is 2.47. The topological polar surface area (TPSA) is 103 Å². The van der Waals surface area contributed by atoms with Crippen molar-refractivity contribution >= 4 is 17.7 Å². The third kappa shape index (κ3) is 5.63. The number of hydrogen-bond acceptors (Lipinski definition) is 7. The molecular formula is C22H31NO6. The Kier molecular flexibility index (Phi) is 7.52. The van der Waals surface area contributed by atoms with Gasteiger partial charge in [-0.3, -0.25) is 19.4 Å². The molecule has 2 rings (SSSR count). The normalized spacial score (nSPS) is 27.2. The maximum absolute atomic E-state index is 13.0. The summed E-state index contributed by atoms with van der Waals surface area (Å²) in [6.07, 6.45) is 2.74. The Morgan fingerprint density at radius 1 is 1.17 bits per heavy atom. The van der Waals surface area contributed by atoms with Crippen LogP contribution in [0.4, 0.5) is 0 Å². The summed E-state index contributed by atoms with van der Waals surface area (Å²) in [5.74, 6) is -4.78. The molecule has 160 valence electrons. The molecule has 7 nitrogen and oxygen atoms in total. The average molecular weight is 405 g/mol. The Bertz CT molecular complexity index is 728. The van der Waals surface area contributed by atoms with Crippen molar-refractivity contribution < 1.29 is 29.0 Å². The van der Waals surface area contributed by atoms with E-state index in [1.807, 2.05) is 27.7 Å². The van der Waals surface area contributed by atoms with Crippen molar-refractivity contribution in [2.45, 2.75) is 52.6 Å². The number of aromatic nitrogens is 1. The lowest BCUT2D eigenvalue weighted by Crippen LogP contribution is -2.55. The van der Waals surface area contributed by atoms with Gasteiger partial charge in [0.1, 0.15) is 5.92 Å². The van der Waals surface area contributed by atoms with Gasteiger partial charge in [-0.05, 0) is 30.4 Å². The van der Waals surface area contributed by atoms with Gasteiger partial charge in [0, 0.05) is 24.7 Å². The number of aliphatic hydroxyl groups is 1. The zero-order chi connectivity index (χ0) is 21.8. The van der Waals surface area contributed by atoms with E-state index in [9.17, 15) is 19.5 Å². The van der Waals surface area contributed by atoms with E-state index in [0.29, 0.717) is 5.56 Å². The van der Waals surface area contributed by atoms with Crippen molar-refractivity contribution in [2.75, 3.05) is 13.2 Å². The summed E-state index contributed by atoms with van der Waals surface area (Å²) in [5, 5.41) is 11.0. The summed E-state index contributed by atoms with van der Waals surface area (Å²) >= 11 is 0. The van der Waals surface area contributed by atoms with Gasteiger partial charge in [-0.25, -0.2) is 0 Å². The van der Waals surface area contributed by atoms with Crippen LogP contribution in [0.15, 0.2) is 24.5 Å². The van der Waals surface area contributed by atoms with Gasteiger partial charge in [-0.1, -0.05) is 33.8 Å². The van der Waals surface area contributed by atoms with Crippen molar-refractivity contribution in [2.24, 2.45) is 23.7 Å². The molecule has 4 atom stereocenters. The molecule has 1 aromatic rings. The smallest absolute Gasteiger partial charge is 0.317 e. The summed E-state index contributed by atoms with van der Waals surface area (Å²) in [7, 11) is 0. The first-order valence-corrected chi connectivity index (χ1v) is 10.0. The fraction of sp³-hybridized carbons (Fsp3) is 0.636. The highest BCUT2D eigenvalue weighted by Crippen LogP contribution is 2.46. The molecular weight excluding hydrogens is 374 g/mol. The molecule has 0 aliphatic heterocycles. The first-order chi connectivity index (χ1) is 13.5. The van der Waals surface area contributed by atoms with Crippen molar-refractivity contribution in [1.29, 1.82) is 0 Å². The quantitative estimate of drug-likeness (QED) is 0.549. The average Bonchev–Trinajstić information content (AvgIpc) is 2.63. The number of carbonyl (C=O) groups excluding carboxylic acids is 3. The van der Waals surface area contributed by atoms with Gasteiger partial charge in [0.25, 0.3) is 0 Å². The summed E-state index contributed by atoms with van der Waals surface area (Å²) in [5.41, 5.74) is -1.14. The third-order valence-corrected chi connectivity index (χ3v) is 4.96. The minimum absolute atomic E-state index is 0.101. The lowest BCUT2D eigenvalue weighted by Gasteiger charge is -2.43. The van der Waals surface area contributed by atoms with E-state index < -0.39 is 41.1 Å². The van der Waals surface area contributed by atoms with E-state index in [4.69, 9.17) is 9.47 Å². The molecule has 0 unspecified atom stereocenters. The number of hydrogen-bond donors (Lipinski definition) is 1. The van der Waals surface area contributed by atoms with Gasteiger partial charge in [-0.2, -0.15) is 0 Å². The Hall–Kier alpha value is -2.28. The molecule has 1 aromatic heterocycles. The first-order valence-electron chi connectivity index (χ1n) is 10.0. The standard InChI is InChI=1S/C22H31NO6/c1-13(2)11-28-20(25)18-16(24)9-22(5,27)19(21(26)29-12-14(3)4)17(18)15-7-6-8-23-10-15/h6-8,10,13-14,17-19,27H,9,11-12H2,1-5H3/t17-,18+,19-,22+/m1/s1. The third-order valence-electron chi connectivity index (χ3n) is 4.96. The van der Waals surface area contributed by atoms with Crippen LogP contribution in [0.5, 0.6) is 0 Å². The number of Topliss-reactive ketones (excluding diaryl/α,β-unsaturated/α-hetero) is 1. The minimum Gasteiger partial charge on any atom is -0.465 e. The molecule has 0 amide bonds. The molecule has 0 bridgehead atoms. The lowest BCUT2D eigenvalue weighted by molar-refractivity contribution is -0.173. The number of nitrogens with zero attached hydrogens (tertiary/aromatic N) is 1. The fourth-order valence-electron chi connectivity index (χ4n) is 3.67. The molecule has 1 saturated carbocycles. The summed E-state index contributed by atoms with van der Waals surface area (Å²) in [6.45, 7) is 9.38. The number of pyridine rings is 1. The van der Waals surface area contributed by atoms with E-state index in [1.54, 1.807) is 18.3 Å². The van der Waals surface area contributed by atoms with Crippen molar-refractivity contribution in [3.8, 4) is 0 Å². The molecule has 0 spiro atoms. The maximum Gasteiger partial charge on any atom is 0.317 e. The van der Waals surface area contributed by atoms with Crippen molar-refractivity contribution in [3.63, 3.8) is 0 Å². The molecule has 1 aliphatic rings. The van der Waals surface area contributed by atoms with Crippen LogP contribution >= 0.6 is 0 Å². The molecule has 1 N–H and O–H groups in total. The summed E-state index contributed by atoms with van der Waals surface area (Å²) < 4.78 is 10.8. The van der Waals surface area contributed by atoms with Gasteiger partial charge in [-0.15, -0.1) is 0 Å². The monoisotopic (exact) mass is 405 g/mol. The first kappa shape index (κ1) is 23.0. The van der Waals surface area contributed by atoms with Gasteiger partial charge in [0.2, 0.25) is 0 Å². The molecule has 1 aliphatic carbocycles. The number of rotatable bonds is 7. The van der Waals surface area contributed by atoms with E-state index >= 15 is 0 Å². The second-order valence-electron chi connectivity index (χ2n) is 8.82. The van der Waals surface area contributed by atoms with Gasteiger partial charge in [0.15, 0.2) is 5.78 Å². The number of esters is 2. The lowest BCUT2D eigenvalue weighted by atomic mass is 9.62. The molecule has 29 heavy (non-hydrogen) atoms. The molecule has 0 radical (unpaired) electrons. The number of ketones is 1. The summed E-state index contributed by atoms with van der Waals surface area (Å²) in [6, 6.07) is 3.36. The summed E-state index contributed by atoms with van der Waals surface area (Å²) in [4.78, 5) is 42.8. The Labute approximate surface area is 171 Å². The highest BCUT2D eigenvalue weighted by Gasteiger charge is 2.57. The van der Waals surface area contributed by atoms with Crippen LogP contribution in [0, 0.1) is 23.7 Å². The van der Waals surface area contributed by atoms with E-state index in [2.05, 4.69) is 4.98 Å². The second kappa shape index (κ2) is 9.48. The van der Waals surface area contributed by atoms with Gasteiger partial charge in [0.05, 0.1) is 24.7 Å². The fourth-order valence-corrected chi connectivity index (χ4v) is 3.67. The SMILES string of the molecule is CC(C)COC(=O)[C@H]1C(=O)C[C@](C)(O)[C@@H](C(=O)OCC(C)C)[C@@H]1c1cccnc1. The van der Waals surface area contributed by atoms with E-state index in [0.717, 1.165) is 0 Å². The Morgan fingerprint density at radius 3 is 2.28 bits per heavy atom. The van der Waals surface area contributed by atoms with Crippen LogP contribution in [0.25, 0.3) is 0 Å². The van der Waals surface area contributed by atoms with Crippen LogP contribution in [0.1, 0.15) is 52.5 Å². The van der Waals surface area contributed by atoms with Crippen LogP contribution in [-0.4, -0.2) is 46.6 Å². The molecule has 1 fully saturated rings. The maximum atomic E-state index is 13.0. The van der Waals surface area contributed by atoms with Crippen LogP contribution in [-0.2, 0) is 23.9 Å².